The van der Waals surface area contributed by atoms with Crippen LogP contribution in [0, 0.1) is 12.7 Å². The molecule has 0 aromatic heterocycles. The highest BCUT2D eigenvalue weighted by Crippen LogP contribution is 2.10. The average Bonchev–Trinajstić information content (AvgIpc) is 2.08. The minimum absolute atomic E-state index is 0.188. The van der Waals surface area contributed by atoms with Crippen molar-refractivity contribution in [2.24, 2.45) is 0 Å². The van der Waals surface area contributed by atoms with Gasteiger partial charge < -0.3 is 4.74 Å². The summed E-state index contributed by atoms with van der Waals surface area (Å²) < 4.78 is 18.0. The lowest BCUT2D eigenvalue weighted by Crippen LogP contribution is -2.11. The largest absolute Gasteiger partial charge is 0.459 e. The molecule has 0 bridgehead atoms. The van der Waals surface area contributed by atoms with E-state index in [0.29, 0.717) is 5.56 Å². The third-order valence-corrected chi connectivity index (χ3v) is 1.75. The van der Waals surface area contributed by atoms with Crippen LogP contribution < -0.4 is 0 Å². The van der Waals surface area contributed by atoms with Gasteiger partial charge >= 0.3 is 5.97 Å². The van der Waals surface area contributed by atoms with Gasteiger partial charge in [-0.05, 0) is 38.5 Å². The molecule has 0 radical (unpaired) electrons. The van der Waals surface area contributed by atoms with E-state index in [1.807, 2.05) is 0 Å². The topological polar surface area (TPSA) is 26.3 Å². The summed E-state index contributed by atoms with van der Waals surface area (Å²) in [5.74, 6) is -0.873. The molecule has 0 amide bonds. The lowest BCUT2D eigenvalue weighted by atomic mass is 10.1. The first-order chi connectivity index (χ1) is 6.50. The number of ether oxygens (including phenoxy) is 1. The third-order valence-electron chi connectivity index (χ3n) is 1.75. The molecule has 0 N–H and O–H groups in total. The Labute approximate surface area is 82.7 Å². The van der Waals surface area contributed by atoms with E-state index in [9.17, 15) is 9.18 Å². The highest BCUT2D eigenvalue weighted by molar-refractivity contribution is 5.89. The molecule has 0 saturated heterocycles. The first-order valence-corrected chi connectivity index (χ1v) is 4.48. The van der Waals surface area contributed by atoms with Gasteiger partial charge in [0.2, 0.25) is 0 Å². The SMILES string of the molecule is Cc1ccc(C(=O)OC(C)C)cc1F. The number of carbonyl (C=O) groups excluding carboxylic acids is 1. The molecular weight excluding hydrogens is 183 g/mol. The number of benzene rings is 1. The van der Waals surface area contributed by atoms with Crippen molar-refractivity contribution in [3.8, 4) is 0 Å². The second-order valence-corrected chi connectivity index (χ2v) is 3.42. The number of carbonyl (C=O) groups is 1. The van der Waals surface area contributed by atoms with E-state index in [-0.39, 0.29) is 17.5 Å². The summed E-state index contributed by atoms with van der Waals surface area (Å²) in [5, 5.41) is 0. The predicted molar refractivity (Wildman–Crippen MR) is 51.7 cm³/mol. The molecule has 1 rings (SSSR count). The molecule has 0 fully saturated rings. The van der Waals surface area contributed by atoms with Gasteiger partial charge in [0, 0.05) is 0 Å². The van der Waals surface area contributed by atoms with E-state index in [1.54, 1.807) is 32.9 Å². The van der Waals surface area contributed by atoms with Gasteiger partial charge in [-0.3, -0.25) is 0 Å². The molecule has 0 saturated carbocycles. The van der Waals surface area contributed by atoms with Crippen LogP contribution in [0.5, 0.6) is 0 Å². The van der Waals surface area contributed by atoms with E-state index < -0.39 is 5.97 Å². The number of aryl methyl sites for hydroxylation is 1. The molecule has 1 aromatic rings. The van der Waals surface area contributed by atoms with E-state index in [0.717, 1.165) is 0 Å². The maximum Gasteiger partial charge on any atom is 0.338 e. The zero-order chi connectivity index (χ0) is 10.7. The van der Waals surface area contributed by atoms with Crippen LogP contribution in [-0.4, -0.2) is 12.1 Å². The zero-order valence-electron chi connectivity index (χ0n) is 8.50. The second kappa shape index (κ2) is 4.22. The van der Waals surface area contributed by atoms with Gasteiger partial charge in [-0.1, -0.05) is 6.07 Å². The Bertz CT molecular complexity index is 345. The number of rotatable bonds is 2. The van der Waals surface area contributed by atoms with E-state index in [2.05, 4.69) is 0 Å². The molecule has 0 aliphatic carbocycles. The first-order valence-electron chi connectivity index (χ1n) is 4.48. The molecule has 76 valence electrons. The summed E-state index contributed by atoms with van der Waals surface area (Å²) in [6, 6.07) is 4.31. The Morgan fingerprint density at radius 1 is 1.43 bits per heavy atom. The molecule has 0 unspecified atom stereocenters. The molecule has 0 aliphatic heterocycles. The van der Waals surface area contributed by atoms with Gasteiger partial charge in [0.25, 0.3) is 0 Å². The average molecular weight is 196 g/mol. The standard InChI is InChI=1S/C11H13FO2/c1-7(2)14-11(13)9-5-4-8(3)10(12)6-9/h4-7H,1-3H3. The van der Waals surface area contributed by atoms with Crippen molar-refractivity contribution in [2.75, 3.05) is 0 Å². The maximum absolute atomic E-state index is 13.1. The molecule has 3 heteroatoms. The van der Waals surface area contributed by atoms with Crippen LogP contribution in [0.1, 0.15) is 29.8 Å². The van der Waals surface area contributed by atoms with Crippen LogP contribution in [0.2, 0.25) is 0 Å². The molecule has 0 atom stereocenters. The molecule has 1 aromatic carbocycles. The van der Waals surface area contributed by atoms with Crippen molar-refractivity contribution in [3.05, 3.63) is 35.1 Å². The Kier molecular flexibility index (Phi) is 3.23. The Hall–Kier alpha value is -1.38. The van der Waals surface area contributed by atoms with Crippen molar-refractivity contribution in [1.82, 2.24) is 0 Å². The van der Waals surface area contributed by atoms with Gasteiger partial charge in [0.15, 0.2) is 0 Å². The fourth-order valence-corrected chi connectivity index (χ4v) is 1.00. The number of esters is 1. The van der Waals surface area contributed by atoms with Crippen molar-refractivity contribution in [2.45, 2.75) is 26.9 Å². The smallest absolute Gasteiger partial charge is 0.338 e. The monoisotopic (exact) mass is 196 g/mol. The van der Waals surface area contributed by atoms with Gasteiger partial charge in [0.05, 0.1) is 11.7 Å². The molecule has 0 spiro atoms. The molecule has 0 heterocycles. The summed E-state index contributed by atoms with van der Waals surface area (Å²) in [7, 11) is 0. The van der Waals surface area contributed by atoms with Crippen LogP contribution in [0.15, 0.2) is 18.2 Å². The lowest BCUT2D eigenvalue weighted by Gasteiger charge is -2.08. The fourth-order valence-electron chi connectivity index (χ4n) is 1.00. The first kappa shape index (κ1) is 10.7. The lowest BCUT2D eigenvalue weighted by molar-refractivity contribution is 0.0377. The van der Waals surface area contributed by atoms with Gasteiger partial charge in [-0.25, -0.2) is 9.18 Å². The van der Waals surface area contributed by atoms with Crippen LogP contribution >= 0.6 is 0 Å². The number of hydrogen-bond acceptors (Lipinski definition) is 2. The molecule has 0 aliphatic rings. The zero-order valence-corrected chi connectivity index (χ0v) is 8.50. The van der Waals surface area contributed by atoms with Gasteiger partial charge in [-0.2, -0.15) is 0 Å². The minimum atomic E-state index is -0.487. The summed E-state index contributed by atoms with van der Waals surface area (Å²) in [5.41, 5.74) is 0.771. The molecule has 14 heavy (non-hydrogen) atoms. The summed E-state index contributed by atoms with van der Waals surface area (Å²) >= 11 is 0. The van der Waals surface area contributed by atoms with E-state index in [4.69, 9.17) is 4.74 Å². The molecule has 2 nitrogen and oxygen atoms in total. The Morgan fingerprint density at radius 3 is 2.57 bits per heavy atom. The van der Waals surface area contributed by atoms with Gasteiger partial charge in [0.1, 0.15) is 5.82 Å². The van der Waals surface area contributed by atoms with Crippen LogP contribution in [0.3, 0.4) is 0 Å². The van der Waals surface area contributed by atoms with Crippen molar-refractivity contribution in [1.29, 1.82) is 0 Å². The Balaban J connectivity index is 2.86. The number of hydrogen-bond donors (Lipinski definition) is 0. The normalized spacial score (nSPS) is 10.4. The minimum Gasteiger partial charge on any atom is -0.459 e. The highest BCUT2D eigenvalue weighted by Gasteiger charge is 2.10. The van der Waals surface area contributed by atoms with Gasteiger partial charge in [-0.15, -0.1) is 0 Å². The molecular formula is C11H13FO2. The summed E-state index contributed by atoms with van der Waals surface area (Å²) in [6.07, 6.45) is -0.188. The second-order valence-electron chi connectivity index (χ2n) is 3.42. The summed E-state index contributed by atoms with van der Waals surface area (Å²) in [6.45, 7) is 5.15. The van der Waals surface area contributed by atoms with Crippen LogP contribution in [-0.2, 0) is 4.74 Å². The highest BCUT2D eigenvalue weighted by atomic mass is 19.1. The van der Waals surface area contributed by atoms with E-state index >= 15 is 0 Å². The van der Waals surface area contributed by atoms with Crippen molar-refractivity contribution >= 4 is 5.97 Å². The van der Waals surface area contributed by atoms with Crippen molar-refractivity contribution in [3.63, 3.8) is 0 Å². The van der Waals surface area contributed by atoms with Crippen LogP contribution in [0.4, 0.5) is 4.39 Å². The Morgan fingerprint density at radius 2 is 2.07 bits per heavy atom. The predicted octanol–water partition coefficient (Wildman–Crippen LogP) is 2.70. The van der Waals surface area contributed by atoms with Crippen LogP contribution in [0.25, 0.3) is 0 Å². The summed E-state index contributed by atoms with van der Waals surface area (Å²) in [4.78, 5) is 11.3. The maximum atomic E-state index is 13.1. The number of halogens is 1. The quantitative estimate of drug-likeness (QED) is 0.680. The fraction of sp³-hybridized carbons (Fsp3) is 0.364. The van der Waals surface area contributed by atoms with Crippen molar-refractivity contribution < 1.29 is 13.9 Å². The third kappa shape index (κ3) is 2.55. The van der Waals surface area contributed by atoms with E-state index in [1.165, 1.54) is 6.07 Å².